The first kappa shape index (κ1) is 27.9. The van der Waals surface area contributed by atoms with E-state index in [0.29, 0.717) is 0 Å². The van der Waals surface area contributed by atoms with E-state index in [-0.39, 0.29) is 12.2 Å². The first-order valence-electron chi connectivity index (χ1n) is 17.0. The predicted octanol–water partition coefficient (Wildman–Crippen LogP) is 11.2. The molecule has 2 unspecified atom stereocenters. The third kappa shape index (κ3) is 4.47. The predicted molar refractivity (Wildman–Crippen MR) is 206 cm³/mol. The van der Waals surface area contributed by atoms with Gasteiger partial charge in [-0.15, -0.1) is 0 Å². The van der Waals surface area contributed by atoms with Crippen LogP contribution in [0.5, 0.6) is 0 Å². The van der Waals surface area contributed by atoms with Gasteiger partial charge in [0.15, 0.2) is 0 Å². The molecule has 0 amide bonds. The van der Waals surface area contributed by atoms with Crippen LogP contribution in [0.1, 0.15) is 28.9 Å². The summed E-state index contributed by atoms with van der Waals surface area (Å²) in [7, 11) is 0. The van der Waals surface area contributed by atoms with Gasteiger partial charge >= 0.3 is 0 Å². The van der Waals surface area contributed by atoms with Gasteiger partial charge < -0.3 is 9.88 Å². The Hall–Kier alpha value is -6.16. The van der Waals surface area contributed by atoms with Gasteiger partial charge in [-0.1, -0.05) is 152 Å². The summed E-state index contributed by atoms with van der Waals surface area (Å²) in [5.74, 6) is 0. The molecule has 232 valence electrons. The van der Waals surface area contributed by atoms with Crippen LogP contribution in [-0.2, 0) is 0 Å². The Kier molecular flexibility index (Phi) is 6.39. The van der Waals surface area contributed by atoms with Crippen LogP contribution < -0.4 is 10.6 Å². The number of benzene rings is 8. The van der Waals surface area contributed by atoms with E-state index in [1.165, 1.54) is 76.5 Å². The maximum atomic E-state index is 3.94. The van der Waals surface area contributed by atoms with Crippen molar-refractivity contribution in [3.63, 3.8) is 0 Å². The molecule has 0 saturated heterocycles. The lowest BCUT2D eigenvalue weighted by Crippen LogP contribution is -2.39. The smallest absolute Gasteiger partial charge is 0.104 e. The van der Waals surface area contributed by atoms with Gasteiger partial charge in [0.05, 0.1) is 22.8 Å². The third-order valence-corrected chi connectivity index (χ3v) is 10.3. The summed E-state index contributed by atoms with van der Waals surface area (Å²) in [5, 5.41) is 17.9. The maximum Gasteiger partial charge on any atom is 0.104 e. The van der Waals surface area contributed by atoms with Gasteiger partial charge in [-0.2, -0.15) is 0 Å². The van der Waals surface area contributed by atoms with E-state index in [1.54, 1.807) is 0 Å². The molecule has 2 atom stereocenters. The topological polar surface area (TPSA) is 29.0 Å². The standard InChI is InChI=1S/C46H33N3/c1-3-15-32(16-4-1)39-29-40(48-46(47-39)33-17-5-2-6-18-33)37-22-11-23-38-36(37)21-12-24-41(38)49-42-27-25-30-13-7-9-19-34(30)44(42)45-35-20-10-8-14-31(35)26-28-43(45)49/h1-29,40,46-48H. The highest BCUT2D eigenvalue weighted by Crippen LogP contribution is 2.42. The zero-order chi connectivity index (χ0) is 32.3. The number of fused-ring (bicyclic) bond motifs is 8. The summed E-state index contributed by atoms with van der Waals surface area (Å²) in [4.78, 5) is 0. The van der Waals surface area contributed by atoms with Crippen LogP contribution in [0.25, 0.3) is 65.5 Å². The molecule has 2 N–H and O–H groups in total. The third-order valence-electron chi connectivity index (χ3n) is 10.3. The summed E-state index contributed by atoms with van der Waals surface area (Å²) in [6, 6.07) is 61.6. The first-order chi connectivity index (χ1) is 24.3. The van der Waals surface area contributed by atoms with Crippen molar-refractivity contribution in [2.45, 2.75) is 12.2 Å². The average molecular weight is 628 g/mol. The maximum absolute atomic E-state index is 3.94. The van der Waals surface area contributed by atoms with E-state index in [9.17, 15) is 0 Å². The van der Waals surface area contributed by atoms with E-state index in [2.05, 4.69) is 191 Å². The Morgan fingerprint density at radius 3 is 1.71 bits per heavy atom. The lowest BCUT2D eigenvalue weighted by Gasteiger charge is -2.33. The van der Waals surface area contributed by atoms with Crippen molar-refractivity contribution in [1.82, 2.24) is 15.2 Å². The molecule has 8 aromatic carbocycles. The highest BCUT2D eigenvalue weighted by Gasteiger charge is 2.26. The zero-order valence-electron chi connectivity index (χ0n) is 26.8. The van der Waals surface area contributed by atoms with E-state index >= 15 is 0 Å². The van der Waals surface area contributed by atoms with Crippen molar-refractivity contribution in [2.75, 3.05) is 0 Å². The zero-order valence-corrected chi connectivity index (χ0v) is 26.8. The van der Waals surface area contributed by atoms with Gasteiger partial charge in [0, 0.05) is 21.9 Å². The lowest BCUT2D eigenvalue weighted by molar-refractivity contribution is 0.444. The number of rotatable bonds is 4. The number of nitrogens with one attached hydrogen (secondary N) is 2. The van der Waals surface area contributed by atoms with Crippen molar-refractivity contribution < 1.29 is 0 Å². The van der Waals surface area contributed by atoms with Gasteiger partial charge in [-0.05, 0) is 67.9 Å². The number of hydrogen-bond acceptors (Lipinski definition) is 2. The van der Waals surface area contributed by atoms with Gasteiger partial charge in [0.25, 0.3) is 0 Å². The quantitative estimate of drug-likeness (QED) is 0.203. The summed E-state index contributed by atoms with van der Waals surface area (Å²) in [6.07, 6.45) is 2.30. The first-order valence-corrected chi connectivity index (χ1v) is 17.0. The summed E-state index contributed by atoms with van der Waals surface area (Å²) in [6.45, 7) is 0. The van der Waals surface area contributed by atoms with Crippen LogP contribution in [0.3, 0.4) is 0 Å². The Balaban J connectivity index is 1.22. The van der Waals surface area contributed by atoms with E-state index in [4.69, 9.17) is 0 Å². The minimum Gasteiger partial charge on any atom is -0.366 e. The Morgan fingerprint density at radius 2 is 1.02 bits per heavy atom. The number of aromatic nitrogens is 1. The molecule has 0 aliphatic carbocycles. The minimum atomic E-state index is -0.0382. The highest BCUT2D eigenvalue weighted by atomic mass is 15.2. The van der Waals surface area contributed by atoms with Crippen LogP contribution in [0.15, 0.2) is 176 Å². The molecule has 2 heterocycles. The molecule has 3 heteroatoms. The molecule has 1 aliphatic heterocycles. The van der Waals surface area contributed by atoms with E-state index in [1.807, 2.05) is 0 Å². The Morgan fingerprint density at radius 1 is 0.449 bits per heavy atom. The fraction of sp³-hybridized carbons (Fsp3) is 0.0435. The molecule has 0 fully saturated rings. The second-order valence-electron chi connectivity index (χ2n) is 13.0. The second kappa shape index (κ2) is 11.2. The lowest BCUT2D eigenvalue weighted by atomic mass is 9.94. The Labute approximate surface area is 284 Å². The fourth-order valence-corrected chi connectivity index (χ4v) is 8.03. The summed E-state index contributed by atoms with van der Waals surface area (Å²) >= 11 is 0. The molecular formula is C46H33N3. The van der Waals surface area contributed by atoms with E-state index in [0.717, 1.165) is 5.70 Å². The summed E-state index contributed by atoms with van der Waals surface area (Å²) < 4.78 is 2.49. The largest absolute Gasteiger partial charge is 0.366 e. The van der Waals surface area contributed by atoms with Gasteiger partial charge in [-0.3, -0.25) is 5.32 Å². The van der Waals surface area contributed by atoms with Crippen molar-refractivity contribution in [3.05, 3.63) is 193 Å². The SMILES string of the molecule is C1=C(c2ccccc2)NC(c2ccccc2)NC1c1cccc2c(-n3c4ccc5ccccc5c4c4c5ccccc5ccc43)cccc12. The summed E-state index contributed by atoms with van der Waals surface area (Å²) in [5.41, 5.74) is 8.40. The molecule has 9 aromatic rings. The van der Waals surface area contributed by atoms with Gasteiger partial charge in [0.1, 0.15) is 6.17 Å². The van der Waals surface area contributed by atoms with Crippen LogP contribution in [-0.4, -0.2) is 4.57 Å². The molecule has 1 aromatic heterocycles. The molecule has 0 bridgehead atoms. The second-order valence-corrected chi connectivity index (χ2v) is 13.0. The molecule has 0 saturated carbocycles. The normalized spacial score (nSPS) is 16.4. The molecular weight excluding hydrogens is 595 g/mol. The number of hydrogen-bond donors (Lipinski definition) is 2. The highest BCUT2D eigenvalue weighted by molar-refractivity contribution is 6.28. The van der Waals surface area contributed by atoms with Crippen molar-refractivity contribution in [1.29, 1.82) is 0 Å². The van der Waals surface area contributed by atoms with Crippen molar-refractivity contribution in [3.8, 4) is 5.69 Å². The molecule has 49 heavy (non-hydrogen) atoms. The van der Waals surface area contributed by atoms with Crippen LogP contribution >= 0.6 is 0 Å². The van der Waals surface area contributed by atoms with Crippen molar-refractivity contribution in [2.24, 2.45) is 0 Å². The minimum absolute atomic E-state index is 0.00773. The monoisotopic (exact) mass is 627 g/mol. The fourth-order valence-electron chi connectivity index (χ4n) is 8.03. The molecule has 0 radical (unpaired) electrons. The van der Waals surface area contributed by atoms with E-state index < -0.39 is 0 Å². The van der Waals surface area contributed by atoms with Gasteiger partial charge in [-0.25, -0.2) is 0 Å². The average Bonchev–Trinajstić information content (AvgIpc) is 3.53. The molecule has 3 nitrogen and oxygen atoms in total. The van der Waals surface area contributed by atoms with Crippen LogP contribution in [0, 0.1) is 0 Å². The van der Waals surface area contributed by atoms with Crippen molar-refractivity contribution >= 4 is 59.8 Å². The van der Waals surface area contributed by atoms with Crippen LogP contribution in [0.4, 0.5) is 0 Å². The Bertz CT molecular complexity index is 2630. The van der Waals surface area contributed by atoms with Crippen LogP contribution in [0.2, 0.25) is 0 Å². The molecule has 1 aliphatic rings. The van der Waals surface area contributed by atoms with Gasteiger partial charge in [0.2, 0.25) is 0 Å². The number of nitrogens with zero attached hydrogens (tertiary/aromatic N) is 1. The molecule has 0 spiro atoms. The molecule has 10 rings (SSSR count).